The lowest BCUT2D eigenvalue weighted by atomic mass is 9.96. The minimum atomic E-state index is -0.0729. The van der Waals surface area contributed by atoms with E-state index in [0.717, 1.165) is 44.9 Å². The Hall–Kier alpha value is -3.91. The van der Waals surface area contributed by atoms with Gasteiger partial charge in [0.25, 0.3) is 0 Å². The topological polar surface area (TPSA) is 64.4 Å². The number of ether oxygens (including phenoxy) is 2. The monoisotopic (exact) mass is 483 g/mol. The summed E-state index contributed by atoms with van der Waals surface area (Å²) in [6, 6.07) is 18.3. The fourth-order valence-corrected chi connectivity index (χ4v) is 5.41. The zero-order valence-electron chi connectivity index (χ0n) is 19.5. The van der Waals surface area contributed by atoms with E-state index in [9.17, 15) is 0 Å². The van der Waals surface area contributed by atoms with Gasteiger partial charge >= 0.3 is 0 Å². The Balaban J connectivity index is 1.45. The molecule has 0 spiro atoms. The zero-order valence-corrected chi connectivity index (χ0v) is 20.3. The molecule has 2 atom stereocenters. The van der Waals surface area contributed by atoms with Crippen molar-refractivity contribution in [2.75, 3.05) is 6.79 Å². The lowest BCUT2D eigenvalue weighted by Crippen LogP contribution is -2.29. The molecule has 0 aliphatic carbocycles. The number of pyridine rings is 2. The summed E-state index contributed by atoms with van der Waals surface area (Å²) in [7, 11) is 0. The minimum absolute atomic E-state index is 0.0282. The molecule has 1 aromatic carbocycles. The highest BCUT2D eigenvalue weighted by molar-refractivity contribution is 7.80. The molecule has 1 N–H and O–H groups in total. The number of nitrogens with one attached hydrogen (secondary N) is 1. The van der Waals surface area contributed by atoms with Crippen LogP contribution in [0.2, 0.25) is 0 Å². The van der Waals surface area contributed by atoms with Crippen molar-refractivity contribution in [1.82, 2.24) is 24.8 Å². The first-order valence-electron chi connectivity index (χ1n) is 11.6. The van der Waals surface area contributed by atoms with Crippen LogP contribution in [0.4, 0.5) is 0 Å². The fourth-order valence-electron chi connectivity index (χ4n) is 5.11. The maximum Gasteiger partial charge on any atom is 0.231 e. The number of thiocarbonyl (C=S) groups is 1. The quantitative estimate of drug-likeness (QED) is 0.410. The summed E-state index contributed by atoms with van der Waals surface area (Å²) in [5, 5.41) is 4.27. The molecule has 5 heterocycles. The average Bonchev–Trinajstić information content (AvgIpc) is 3.56. The van der Waals surface area contributed by atoms with Crippen molar-refractivity contribution in [2.24, 2.45) is 0 Å². The summed E-state index contributed by atoms with van der Waals surface area (Å²) in [5.74, 6) is 1.55. The third-order valence-electron chi connectivity index (χ3n) is 6.70. The van der Waals surface area contributed by atoms with E-state index in [0.29, 0.717) is 6.54 Å². The third kappa shape index (κ3) is 3.80. The van der Waals surface area contributed by atoms with Gasteiger partial charge < -0.3 is 24.3 Å². The first kappa shape index (κ1) is 21.6. The standard InChI is InChI=1S/C27H25N5O2S/c1-17-13-21(18(2)32(17)20-6-7-23-24(14-20)34-16-33-23)26-25(22-5-3-4-10-29-22)30-27(35)31(26)15-19-8-11-28-12-9-19/h3-14,25-26H,15-16H2,1-2H3,(H,30,35)/t25-,26+/m0/s1. The van der Waals surface area contributed by atoms with Crippen LogP contribution in [0, 0.1) is 13.8 Å². The fraction of sp³-hybridized carbons (Fsp3) is 0.222. The molecule has 176 valence electrons. The summed E-state index contributed by atoms with van der Waals surface area (Å²) in [6.07, 6.45) is 5.47. The number of benzene rings is 1. The summed E-state index contributed by atoms with van der Waals surface area (Å²) >= 11 is 5.86. The van der Waals surface area contributed by atoms with Crippen LogP contribution >= 0.6 is 12.2 Å². The van der Waals surface area contributed by atoms with E-state index >= 15 is 0 Å². The van der Waals surface area contributed by atoms with E-state index in [1.807, 2.05) is 55.0 Å². The van der Waals surface area contributed by atoms with Gasteiger partial charge in [-0.2, -0.15) is 0 Å². The predicted molar refractivity (Wildman–Crippen MR) is 137 cm³/mol. The van der Waals surface area contributed by atoms with Crippen LogP contribution in [-0.2, 0) is 6.54 Å². The van der Waals surface area contributed by atoms with Crippen molar-refractivity contribution in [3.8, 4) is 17.2 Å². The number of aryl methyl sites for hydroxylation is 1. The van der Waals surface area contributed by atoms with Crippen LogP contribution in [0.25, 0.3) is 5.69 Å². The van der Waals surface area contributed by atoms with Gasteiger partial charge in [-0.05, 0) is 79.7 Å². The van der Waals surface area contributed by atoms with Crippen molar-refractivity contribution < 1.29 is 9.47 Å². The zero-order chi connectivity index (χ0) is 23.9. The van der Waals surface area contributed by atoms with Crippen molar-refractivity contribution >= 4 is 17.3 Å². The molecule has 4 aromatic rings. The van der Waals surface area contributed by atoms with Crippen molar-refractivity contribution in [2.45, 2.75) is 32.5 Å². The van der Waals surface area contributed by atoms with Crippen LogP contribution in [0.3, 0.4) is 0 Å². The van der Waals surface area contributed by atoms with Crippen LogP contribution in [0.1, 0.15) is 40.3 Å². The van der Waals surface area contributed by atoms with Gasteiger partial charge in [0.15, 0.2) is 16.6 Å². The highest BCUT2D eigenvalue weighted by Crippen LogP contribution is 2.43. The second-order valence-electron chi connectivity index (χ2n) is 8.81. The molecule has 6 rings (SSSR count). The molecule has 0 unspecified atom stereocenters. The van der Waals surface area contributed by atoms with Gasteiger partial charge in [0, 0.05) is 48.3 Å². The number of nitrogens with zero attached hydrogens (tertiary/aromatic N) is 4. The number of hydrogen-bond acceptors (Lipinski definition) is 5. The molecule has 2 aliphatic rings. The number of rotatable bonds is 5. The van der Waals surface area contributed by atoms with Crippen molar-refractivity contribution in [3.63, 3.8) is 0 Å². The Labute approximate surface area is 209 Å². The Morgan fingerprint density at radius 2 is 1.83 bits per heavy atom. The highest BCUT2D eigenvalue weighted by Gasteiger charge is 2.41. The first-order valence-corrected chi connectivity index (χ1v) is 12.0. The summed E-state index contributed by atoms with van der Waals surface area (Å²) in [4.78, 5) is 11.1. The molecule has 1 saturated heterocycles. The van der Waals surface area contributed by atoms with Gasteiger partial charge in [-0.25, -0.2) is 0 Å². The lowest BCUT2D eigenvalue weighted by Gasteiger charge is -2.28. The minimum Gasteiger partial charge on any atom is -0.454 e. The van der Waals surface area contributed by atoms with Gasteiger partial charge in [-0.15, -0.1) is 0 Å². The molecule has 35 heavy (non-hydrogen) atoms. The van der Waals surface area contributed by atoms with Gasteiger partial charge in [0.2, 0.25) is 6.79 Å². The Morgan fingerprint density at radius 1 is 1.00 bits per heavy atom. The largest absolute Gasteiger partial charge is 0.454 e. The molecule has 8 heteroatoms. The van der Waals surface area contributed by atoms with E-state index in [-0.39, 0.29) is 18.9 Å². The van der Waals surface area contributed by atoms with Gasteiger partial charge in [-0.3, -0.25) is 9.97 Å². The van der Waals surface area contributed by atoms with Gasteiger partial charge in [0.1, 0.15) is 0 Å². The van der Waals surface area contributed by atoms with E-state index in [1.165, 1.54) is 5.56 Å². The first-order chi connectivity index (χ1) is 17.1. The maximum atomic E-state index is 5.86. The molecule has 7 nitrogen and oxygen atoms in total. The van der Waals surface area contributed by atoms with E-state index < -0.39 is 0 Å². The molecule has 1 fully saturated rings. The van der Waals surface area contributed by atoms with E-state index in [2.05, 4.69) is 56.8 Å². The highest BCUT2D eigenvalue weighted by atomic mass is 32.1. The van der Waals surface area contributed by atoms with Crippen LogP contribution in [0.5, 0.6) is 11.5 Å². The molecular weight excluding hydrogens is 458 g/mol. The number of hydrogen-bond donors (Lipinski definition) is 1. The molecule has 0 amide bonds. The van der Waals surface area contributed by atoms with Gasteiger partial charge in [-0.1, -0.05) is 6.07 Å². The molecular formula is C27H25N5O2S. The molecule has 0 bridgehead atoms. The maximum absolute atomic E-state index is 5.86. The second-order valence-corrected chi connectivity index (χ2v) is 9.20. The molecule has 0 radical (unpaired) electrons. The number of aromatic nitrogens is 3. The second kappa shape index (κ2) is 8.70. The Kier molecular flexibility index (Phi) is 5.37. The van der Waals surface area contributed by atoms with Crippen LogP contribution in [0.15, 0.2) is 73.2 Å². The van der Waals surface area contributed by atoms with Crippen LogP contribution in [-0.4, -0.2) is 31.3 Å². The third-order valence-corrected chi connectivity index (χ3v) is 7.06. The van der Waals surface area contributed by atoms with E-state index in [4.69, 9.17) is 21.7 Å². The smallest absolute Gasteiger partial charge is 0.231 e. The molecule has 2 aliphatic heterocycles. The predicted octanol–water partition coefficient (Wildman–Crippen LogP) is 4.79. The number of fused-ring (bicyclic) bond motifs is 1. The summed E-state index contributed by atoms with van der Waals surface area (Å²) in [5.41, 5.74) is 6.65. The lowest BCUT2D eigenvalue weighted by molar-refractivity contribution is 0.174. The molecule has 0 saturated carbocycles. The summed E-state index contributed by atoms with van der Waals surface area (Å²) in [6.45, 7) is 5.23. The van der Waals surface area contributed by atoms with Crippen LogP contribution < -0.4 is 14.8 Å². The Morgan fingerprint density at radius 3 is 2.63 bits per heavy atom. The SMILES string of the molecule is Cc1cc([C@@H]2[C@H](c3ccccn3)NC(=S)N2Cc2ccncc2)c(C)n1-c1ccc2c(c1)OCO2. The summed E-state index contributed by atoms with van der Waals surface area (Å²) < 4.78 is 13.4. The van der Waals surface area contributed by atoms with E-state index in [1.54, 1.807) is 0 Å². The average molecular weight is 484 g/mol. The van der Waals surface area contributed by atoms with Crippen molar-refractivity contribution in [1.29, 1.82) is 0 Å². The van der Waals surface area contributed by atoms with Crippen molar-refractivity contribution in [3.05, 3.63) is 101 Å². The Bertz CT molecular complexity index is 1390. The van der Waals surface area contributed by atoms with Gasteiger partial charge in [0.05, 0.1) is 17.8 Å². The normalized spacial score (nSPS) is 18.7. The molecule has 3 aromatic heterocycles.